The zero-order valence-electron chi connectivity index (χ0n) is 16.6. The van der Waals surface area contributed by atoms with E-state index in [1.54, 1.807) is 4.90 Å². The van der Waals surface area contributed by atoms with Crippen molar-refractivity contribution >= 4 is 34.6 Å². The van der Waals surface area contributed by atoms with E-state index in [4.69, 9.17) is 4.99 Å². The lowest BCUT2D eigenvalue weighted by Gasteiger charge is -2.13. The van der Waals surface area contributed by atoms with Crippen LogP contribution in [0.15, 0.2) is 52.4 Å². The number of rotatable bonds is 4. The van der Waals surface area contributed by atoms with Crippen LogP contribution in [0.2, 0.25) is 0 Å². The molecule has 1 aliphatic heterocycles. The molecule has 2 aromatic carbocycles. The lowest BCUT2D eigenvalue weighted by molar-refractivity contribution is -0.122. The van der Waals surface area contributed by atoms with E-state index in [2.05, 4.69) is 64.1 Å². The van der Waals surface area contributed by atoms with Crippen molar-refractivity contribution in [2.24, 2.45) is 4.99 Å². The van der Waals surface area contributed by atoms with E-state index in [1.165, 1.54) is 17.3 Å². The molecule has 4 heteroatoms. The summed E-state index contributed by atoms with van der Waals surface area (Å²) in [7, 11) is 0. The van der Waals surface area contributed by atoms with Gasteiger partial charge in [0.05, 0.1) is 10.6 Å². The van der Waals surface area contributed by atoms with Gasteiger partial charge in [-0.2, -0.15) is 0 Å². The molecule has 0 radical (unpaired) electrons. The highest BCUT2D eigenvalue weighted by atomic mass is 32.2. The molecule has 0 spiro atoms. The van der Waals surface area contributed by atoms with Crippen LogP contribution in [0.4, 0.5) is 5.69 Å². The highest BCUT2D eigenvalue weighted by Crippen LogP contribution is 2.35. The Balaban J connectivity index is 1.93. The minimum absolute atomic E-state index is 0.0282. The van der Waals surface area contributed by atoms with Gasteiger partial charge in [-0.25, -0.2) is 4.99 Å². The minimum atomic E-state index is 0.0282. The molecule has 140 valence electrons. The van der Waals surface area contributed by atoms with Crippen molar-refractivity contribution in [3.05, 3.63) is 69.6 Å². The van der Waals surface area contributed by atoms with Crippen LogP contribution in [-0.4, -0.2) is 22.5 Å². The maximum Gasteiger partial charge on any atom is 0.266 e. The molecule has 0 unspecified atom stereocenters. The van der Waals surface area contributed by atoms with Gasteiger partial charge in [-0.1, -0.05) is 56.3 Å². The number of carbonyl (C=O) groups excluding carboxylic acids is 1. The number of nitrogens with zero attached hydrogens (tertiary/aromatic N) is 2. The lowest BCUT2D eigenvalue weighted by Crippen LogP contribution is -2.28. The summed E-state index contributed by atoms with van der Waals surface area (Å²) in [6.45, 7) is 11.1. The first kappa shape index (κ1) is 19.4. The van der Waals surface area contributed by atoms with E-state index >= 15 is 0 Å². The van der Waals surface area contributed by atoms with Crippen LogP contribution in [0.5, 0.6) is 0 Å². The van der Waals surface area contributed by atoms with Crippen molar-refractivity contribution in [3.63, 3.8) is 0 Å². The zero-order chi connectivity index (χ0) is 19.6. The number of aryl methyl sites for hydroxylation is 2. The third-order valence-corrected chi connectivity index (χ3v) is 5.76. The fraction of sp³-hybridized carbons (Fsp3) is 0.304. The van der Waals surface area contributed by atoms with E-state index in [1.807, 2.05) is 19.1 Å². The van der Waals surface area contributed by atoms with Gasteiger partial charge < -0.3 is 0 Å². The van der Waals surface area contributed by atoms with Gasteiger partial charge >= 0.3 is 0 Å². The maximum atomic E-state index is 12.8. The highest BCUT2D eigenvalue weighted by Gasteiger charge is 2.32. The number of amides is 1. The van der Waals surface area contributed by atoms with Crippen LogP contribution in [0.1, 0.15) is 48.9 Å². The van der Waals surface area contributed by atoms with E-state index in [0.29, 0.717) is 12.5 Å². The van der Waals surface area contributed by atoms with Gasteiger partial charge in [0, 0.05) is 6.54 Å². The average Bonchev–Trinajstić information content (AvgIpc) is 2.93. The maximum absolute atomic E-state index is 12.8. The highest BCUT2D eigenvalue weighted by molar-refractivity contribution is 8.18. The summed E-state index contributed by atoms with van der Waals surface area (Å²) in [5.41, 5.74) is 5.53. The summed E-state index contributed by atoms with van der Waals surface area (Å²) in [5, 5.41) is 0.755. The molecule has 0 bridgehead atoms. The standard InChI is InChI=1S/C23H26N2OS/c1-6-25-22(26)20(14-18-10-12-19(13-11-18)15(2)3)27-23(25)24-21-16(4)8-7-9-17(21)5/h7-15H,6H2,1-5H3/b20-14+,24-23?. The molecule has 3 rings (SSSR count). The van der Waals surface area contributed by atoms with Gasteiger partial charge in [0.25, 0.3) is 5.91 Å². The molecule has 0 atom stereocenters. The summed E-state index contributed by atoms with van der Waals surface area (Å²) < 4.78 is 0. The number of hydrogen-bond acceptors (Lipinski definition) is 3. The van der Waals surface area contributed by atoms with Crippen molar-refractivity contribution in [2.75, 3.05) is 6.54 Å². The Hall–Kier alpha value is -2.33. The second-order valence-corrected chi connectivity index (χ2v) is 8.13. The minimum Gasteiger partial charge on any atom is -0.287 e. The summed E-state index contributed by atoms with van der Waals surface area (Å²) >= 11 is 1.46. The molecule has 1 fully saturated rings. The Morgan fingerprint density at radius 1 is 1.07 bits per heavy atom. The van der Waals surface area contributed by atoms with Crippen molar-refractivity contribution < 1.29 is 4.79 Å². The molecule has 0 N–H and O–H groups in total. The predicted molar refractivity (Wildman–Crippen MR) is 116 cm³/mol. The van der Waals surface area contributed by atoms with Crippen LogP contribution in [-0.2, 0) is 4.79 Å². The van der Waals surface area contributed by atoms with Crippen molar-refractivity contribution in [2.45, 2.75) is 40.5 Å². The van der Waals surface area contributed by atoms with E-state index in [-0.39, 0.29) is 5.91 Å². The van der Waals surface area contributed by atoms with Crippen molar-refractivity contribution in [1.82, 2.24) is 4.90 Å². The molecule has 0 aliphatic carbocycles. The molecule has 1 aliphatic rings. The Kier molecular flexibility index (Phi) is 5.85. The summed E-state index contributed by atoms with van der Waals surface area (Å²) in [4.78, 5) is 20.2. The average molecular weight is 379 g/mol. The zero-order valence-corrected chi connectivity index (χ0v) is 17.4. The van der Waals surface area contributed by atoms with E-state index in [0.717, 1.165) is 32.5 Å². The largest absolute Gasteiger partial charge is 0.287 e. The van der Waals surface area contributed by atoms with Gasteiger partial charge in [0.2, 0.25) is 0 Å². The number of likely N-dealkylation sites (N-methyl/N-ethyl adjacent to an activating group) is 1. The molecule has 1 heterocycles. The van der Waals surface area contributed by atoms with E-state index < -0.39 is 0 Å². The second-order valence-electron chi connectivity index (χ2n) is 7.12. The number of benzene rings is 2. The molecule has 1 amide bonds. The number of thioether (sulfide) groups is 1. The van der Waals surface area contributed by atoms with Crippen LogP contribution < -0.4 is 0 Å². The quantitative estimate of drug-likeness (QED) is 0.607. The Morgan fingerprint density at radius 2 is 1.70 bits per heavy atom. The molecular formula is C23H26N2OS. The molecule has 0 saturated carbocycles. The monoisotopic (exact) mass is 378 g/mol. The SMILES string of the molecule is CCN1C(=O)/C(=C\c2ccc(C(C)C)cc2)SC1=Nc1c(C)cccc1C. The predicted octanol–water partition coefficient (Wildman–Crippen LogP) is 6.05. The number of para-hydroxylation sites is 1. The fourth-order valence-corrected chi connectivity index (χ4v) is 4.12. The van der Waals surface area contributed by atoms with Crippen LogP contribution >= 0.6 is 11.8 Å². The normalized spacial score (nSPS) is 17.6. The Labute approximate surface area is 166 Å². The van der Waals surface area contributed by atoms with Gasteiger partial charge in [-0.15, -0.1) is 0 Å². The third kappa shape index (κ3) is 4.16. The molecule has 2 aromatic rings. The Morgan fingerprint density at radius 3 is 2.26 bits per heavy atom. The third-order valence-electron chi connectivity index (χ3n) is 4.75. The van der Waals surface area contributed by atoms with Crippen molar-refractivity contribution in [1.29, 1.82) is 0 Å². The number of amidine groups is 1. The lowest BCUT2D eigenvalue weighted by atomic mass is 10.0. The fourth-order valence-electron chi connectivity index (χ4n) is 3.08. The van der Waals surface area contributed by atoms with E-state index in [9.17, 15) is 4.79 Å². The number of aliphatic imine (C=N–C) groups is 1. The Bertz CT molecular complexity index is 890. The van der Waals surface area contributed by atoms with Crippen LogP contribution in [0.25, 0.3) is 6.08 Å². The topological polar surface area (TPSA) is 32.7 Å². The first-order valence-corrected chi connectivity index (χ1v) is 10.2. The smallest absolute Gasteiger partial charge is 0.266 e. The van der Waals surface area contributed by atoms with Gasteiger partial charge in [-0.3, -0.25) is 9.69 Å². The molecule has 27 heavy (non-hydrogen) atoms. The van der Waals surface area contributed by atoms with Crippen molar-refractivity contribution in [3.8, 4) is 0 Å². The molecular weight excluding hydrogens is 352 g/mol. The van der Waals surface area contributed by atoms with Crippen LogP contribution in [0, 0.1) is 13.8 Å². The number of carbonyl (C=O) groups is 1. The molecule has 3 nitrogen and oxygen atoms in total. The second kappa shape index (κ2) is 8.13. The van der Waals surface area contributed by atoms with Crippen LogP contribution in [0.3, 0.4) is 0 Å². The summed E-state index contributed by atoms with van der Waals surface area (Å²) in [6, 6.07) is 14.5. The first-order chi connectivity index (χ1) is 12.9. The summed E-state index contributed by atoms with van der Waals surface area (Å²) in [5.74, 6) is 0.529. The van der Waals surface area contributed by atoms with Gasteiger partial charge in [0.15, 0.2) is 5.17 Å². The first-order valence-electron chi connectivity index (χ1n) is 9.37. The van der Waals surface area contributed by atoms with Gasteiger partial charge in [-0.05, 0) is 66.8 Å². The number of hydrogen-bond donors (Lipinski definition) is 0. The molecule has 0 aromatic heterocycles. The van der Waals surface area contributed by atoms with Gasteiger partial charge in [0.1, 0.15) is 0 Å². The summed E-state index contributed by atoms with van der Waals surface area (Å²) in [6.07, 6.45) is 1.97. The molecule has 1 saturated heterocycles.